The molecular formula is C33H31BN2O3. The molecule has 1 saturated heterocycles. The lowest BCUT2D eigenvalue weighted by atomic mass is 9.76. The number of carbonyl (C=O) groups excluding carboxylic acids is 1. The van der Waals surface area contributed by atoms with Gasteiger partial charge in [0.25, 0.3) is 0 Å². The fraction of sp³-hybridized carbons (Fsp3) is 0.212. The predicted octanol–water partition coefficient (Wildman–Crippen LogP) is 5.99. The quantitative estimate of drug-likeness (QED) is 0.159. The van der Waals surface area contributed by atoms with Gasteiger partial charge in [0.1, 0.15) is 11.2 Å². The molecule has 39 heavy (non-hydrogen) atoms. The van der Waals surface area contributed by atoms with E-state index in [1.54, 1.807) is 0 Å². The largest absolute Gasteiger partial charge is 0.494 e. The molecule has 0 saturated carbocycles. The van der Waals surface area contributed by atoms with Gasteiger partial charge in [-0.15, -0.1) is 0 Å². The molecule has 0 amide bonds. The SMILES string of the molecule is CC1(C)OB(c2ccc3c(c2)c(C=O)nn3C(c2ccccc2)(c2ccccc2)c2ccccc2)OC1(C)C. The van der Waals surface area contributed by atoms with Crippen LogP contribution in [0.5, 0.6) is 0 Å². The summed E-state index contributed by atoms with van der Waals surface area (Å²) < 4.78 is 14.6. The molecule has 0 bridgehead atoms. The molecule has 194 valence electrons. The van der Waals surface area contributed by atoms with Gasteiger partial charge >= 0.3 is 7.12 Å². The molecule has 1 aromatic heterocycles. The summed E-state index contributed by atoms with van der Waals surface area (Å²) in [6.45, 7) is 8.14. The molecule has 6 rings (SSSR count). The van der Waals surface area contributed by atoms with Gasteiger partial charge in [0.2, 0.25) is 0 Å². The smallest absolute Gasteiger partial charge is 0.399 e. The van der Waals surface area contributed by atoms with E-state index in [1.165, 1.54) is 0 Å². The number of hydrogen-bond donors (Lipinski definition) is 0. The van der Waals surface area contributed by atoms with Gasteiger partial charge < -0.3 is 9.31 Å². The highest BCUT2D eigenvalue weighted by molar-refractivity contribution is 6.62. The minimum absolute atomic E-state index is 0.371. The zero-order valence-electron chi connectivity index (χ0n) is 22.7. The van der Waals surface area contributed by atoms with Crippen LogP contribution in [-0.4, -0.2) is 34.4 Å². The Morgan fingerprint density at radius 1 is 0.718 bits per heavy atom. The molecule has 4 aromatic carbocycles. The summed E-state index contributed by atoms with van der Waals surface area (Å²) in [6, 6.07) is 37.0. The Bertz CT molecular complexity index is 1520. The van der Waals surface area contributed by atoms with Crippen LogP contribution in [0.3, 0.4) is 0 Å². The fourth-order valence-electron chi connectivity index (χ4n) is 5.53. The zero-order chi connectivity index (χ0) is 27.3. The number of fused-ring (bicyclic) bond motifs is 1. The first-order valence-corrected chi connectivity index (χ1v) is 13.3. The van der Waals surface area contributed by atoms with Gasteiger partial charge in [-0.3, -0.25) is 4.79 Å². The van der Waals surface area contributed by atoms with Crippen molar-refractivity contribution in [1.29, 1.82) is 0 Å². The van der Waals surface area contributed by atoms with Gasteiger partial charge in [0.05, 0.1) is 16.7 Å². The van der Waals surface area contributed by atoms with Gasteiger partial charge in [0.15, 0.2) is 6.29 Å². The van der Waals surface area contributed by atoms with Crippen molar-refractivity contribution in [3.63, 3.8) is 0 Å². The summed E-state index contributed by atoms with van der Waals surface area (Å²) in [5.41, 5.74) is 3.44. The zero-order valence-corrected chi connectivity index (χ0v) is 22.7. The molecule has 0 spiro atoms. The summed E-state index contributed by atoms with van der Waals surface area (Å²) >= 11 is 0. The molecule has 0 N–H and O–H groups in total. The first kappa shape index (κ1) is 25.3. The minimum Gasteiger partial charge on any atom is -0.399 e. The van der Waals surface area contributed by atoms with E-state index in [-0.39, 0.29) is 0 Å². The second kappa shape index (κ2) is 9.33. The van der Waals surface area contributed by atoms with Gasteiger partial charge in [-0.05, 0) is 55.9 Å². The highest BCUT2D eigenvalue weighted by Crippen LogP contribution is 2.43. The van der Waals surface area contributed by atoms with E-state index in [2.05, 4.69) is 36.4 Å². The van der Waals surface area contributed by atoms with Crippen molar-refractivity contribution in [3.05, 3.63) is 132 Å². The maximum absolute atomic E-state index is 12.5. The summed E-state index contributed by atoms with van der Waals surface area (Å²) in [5.74, 6) is 0. The number of aldehydes is 1. The van der Waals surface area contributed by atoms with E-state index in [0.29, 0.717) is 5.69 Å². The van der Waals surface area contributed by atoms with E-state index in [1.807, 2.05) is 105 Å². The summed E-state index contributed by atoms with van der Waals surface area (Å²) in [6.07, 6.45) is 0.832. The summed E-state index contributed by atoms with van der Waals surface area (Å²) in [7, 11) is -0.538. The standard InChI is InChI=1S/C33H31BN2O3/c1-31(2)32(3,4)39-34(38-31)27-20-21-30-28(22-27)29(23-37)35-36(30)33(24-14-8-5-9-15-24,25-16-10-6-11-17-25)26-18-12-7-13-19-26/h5-23H,1-4H3. The highest BCUT2D eigenvalue weighted by Gasteiger charge is 2.52. The Morgan fingerprint density at radius 2 is 1.18 bits per heavy atom. The lowest BCUT2D eigenvalue weighted by Gasteiger charge is -2.37. The number of hydrogen-bond acceptors (Lipinski definition) is 4. The van der Waals surface area contributed by atoms with Crippen LogP contribution in [0.2, 0.25) is 0 Å². The molecule has 1 aliphatic rings. The van der Waals surface area contributed by atoms with Crippen molar-refractivity contribution in [2.24, 2.45) is 0 Å². The molecule has 0 atom stereocenters. The van der Waals surface area contributed by atoms with Crippen molar-refractivity contribution in [2.75, 3.05) is 0 Å². The molecule has 0 unspecified atom stereocenters. The van der Waals surface area contributed by atoms with Crippen LogP contribution in [0.1, 0.15) is 54.9 Å². The maximum atomic E-state index is 12.5. The third kappa shape index (κ3) is 3.94. The molecule has 2 heterocycles. The number of rotatable bonds is 6. The lowest BCUT2D eigenvalue weighted by molar-refractivity contribution is 0.00578. The van der Waals surface area contributed by atoms with Crippen molar-refractivity contribution in [1.82, 2.24) is 9.78 Å². The molecule has 6 heteroatoms. The number of benzene rings is 4. The van der Waals surface area contributed by atoms with Gasteiger partial charge in [0, 0.05) is 5.39 Å². The van der Waals surface area contributed by atoms with Crippen molar-refractivity contribution >= 4 is 29.8 Å². The van der Waals surface area contributed by atoms with Crippen LogP contribution in [0.25, 0.3) is 10.9 Å². The van der Waals surface area contributed by atoms with Crippen LogP contribution < -0.4 is 5.46 Å². The third-order valence-electron chi connectivity index (χ3n) is 8.26. The Hall–Kier alpha value is -4.00. The lowest BCUT2D eigenvalue weighted by Crippen LogP contribution is -2.41. The van der Waals surface area contributed by atoms with Gasteiger partial charge in [-0.25, -0.2) is 4.68 Å². The topological polar surface area (TPSA) is 53.3 Å². The second-order valence-corrected chi connectivity index (χ2v) is 11.1. The molecular weight excluding hydrogens is 483 g/mol. The Balaban J connectivity index is 1.64. The number of aromatic nitrogens is 2. The van der Waals surface area contributed by atoms with Crippen molar-refractivity contribution < 1.29 is 14.1 Å². The fourth-order valence-corrected chi connectivity index (χ4v) is 5.53. The Kier molecular flexibility index (Phi) is 6.05. The molecule has 1 fully saturated rings. The van der Waals surface area contributed by atoms with E-state index in [4.69, 9.17) is 14.4 Å². The van der Waals surface area contributed by atoms with Crippen LogP contribution in [-0.2, 0) is 14.8 Å². The predicted molar refractivity (Wildman–Crippen MR) is 155 cm³/mol. The molecule has 0 radical (unpaired) electrons. The average molecular weight is 514 g/mol. The van der Waals surface area contributed by atoms with E-state index < -0.39 is 23.9 Å². The van der Waals surface area contributed by atoms with E-state index in [0.717, 1.165) is 39.3 Å². The number of carbonyl (C=O) groups is 1. The first-order chi connectivity index (χ1) is 18.8. The van der Waals surface area contributed by atoms with Crippen molar-refractivity contribution in [2.45, 2.75) is 44.4 Å². The molecule has 5 aromatic rings. The molecule has 1 aliphatic heterocycles. The summed E-state index contributed by atoms with van der Waals surface area (Å²) in [4.78, 5) is 12.5. The van der Waals surface area contributed by atoms with Crippen LogP contribution in [0.4, 0.5) is 0 Å². The summed E-state index contributed by atoms with van der Waals surface area (Å²) in [5, 5.41) is 5.76. The minimum atomic E-state index is -0.824. The maximum Gasteiger partial charge on any atom is 0.494 e. The molecule has 0 aliphatic carbocycles. The van der Waals surface area contributed by atoms with Crippen LogP contribution in [0, 0.1) is 0 Å². The second-order valence-electron chi connectivity index (χ2n) is 11.1. The first-order valence-electron chi connectivity index (χ1n) is 13.3. The van der Waals surface area contributed by atoms with Crippen molar-refractivity contribution in [3.8, 4) is 0 Å². The Labute approximate surface area is 229 Å². The average Bonchev–Trinajstić information content (AvgIpc) is 3.43. The van der Waals surface area contributed by atoms with E-state index in [9.17, 15) is 4.79 Å². The van der Waals surface area contributed by atoms with E-state index >= 15 is 0 Å². The number of nitrogens with zero attached hydrogens (tertiary/aromatic N) is 2. The van der Waals surface area contributed by atoms with Crippen LogP contribution in [0.15, 0.2) is 109 Å². The van der Waals surface area contributed by atoms with Gasteiger partial charge in [-0.2, -0.15) is 5.10 Å². The highest BCUT2D eigenvalue weighted by atomic mass is 16.7. The van der Waals surface area contributed by atoms with Gasteiger partial charge in [-0.1, -0.05) is 103 Å². The molecule has 5 nitrogen and oxygen atoms in total. The Morgan fingerprint density at radius 3 is 1.62 bits per heavy atom. The third-order valence-corrected chi connectivity index (χ3v) is 8.26. The van der Waals surface area contributed by atoms with Crippen LogP contribution >= 0.6 is 0 Å². The monoisotopic (exact) mass is 514 g/mol. The normalized spacial score (nSPS) is 16.5.